The van der Waals surface area contributed by atoms with Crippen molar-refractivity contribution in [3.05, 3.63) is 85.1 Å². The molecule has 0 radical (unpaired) electrons. The molecule has 0 rings (SSSR count). The molecule has 0 fully saturated rings. The first-order chi connectivity index (χ1) is 32.0. The molecule has 0 spiro atoms. The summed E-state index contributed by atoms with van der Waals surface area (Å²) in [6.45, 7) is 6.44. The number of rotatable bonds is 48. The third-order valence-corrected chi connectivity index (χ3v) is 11.4. The molecule has 0 aliphatic carbocycles. The van der Waals surface area contributed by atoms with Gasteiger partial charge in [-0.1, -0.05) is 209 Å². The minimum Gasteiger partial charge on any atom is -0.462 e. The summed E-state index contributed by atoms with van der Waals surface area (Å²) in [6, 6.07) is 0. The van der Waals surface area contributed by atoms with Crippen LogP contribution in [0.15, 0.2) is 85.1 Å². The summed E-state index contributed by atoms with van der Waals surface area (Å²) in [5.74, 6) is -0.962. The van der Waals surface area contributed by atoms with Crippen molar-refractivity contribution < 1.29 is 28.6 Å². The van der Waals surface area contributed by atoms with Gasteiger partial charge < -0.3 is 14.2 Å². The van der Waals surface area contributed by atoms with Crippen LogP contribution in [0, 0.1) is 0 Å². The maximum absolute atomic E-state index is 12.8. The molecule has 0 amide bonds. The minimum atomic E-state index is -0.803. The van der Waals surface area contributed by atoms with E-state index in [1.807, 2.05) is 0 Å². The van der Waals surface area contributed by atoms with E-state index in [-0.39, 0.29) is 31.1 Å². The maximum Gasteiger partial charge on any atom is 0.306 e. The van der Waals surface area contributed by atoms with E-state index in [1.165, 1.54) is 103 Å². The standard InChI is InChI=1S/C59H100O6/c1-4-7-10-13-16-19-22-25-27-29-31-32-34-37-40-43-46-49-52-58(61)64-55-56(54-63-57(60)51-48-45-42-39-36-24-21-18-15-12-9-6-3)65-59(62)53-50-47-44-41-38-35-33-30-28-26-23-20-17-14-11-8-5-2/h9,12,17-18,20-21,26-29,31-32,36,39,56H,4-8,10-11,13-16,19,22-25,30,33-35,37-38,40-55H2,1-3H3/b12-9-,20-17-,21-18-,28-26-,29-27-,32-31-,39-36-. The largest absolute Gasteiger partial charge is 0.462 e. The topological polar surface area (TPSA) is 78.9 Å². The Morgan fingerprint density at radius 2 is 0.646 bits per heavy atom. The Morgan fingerprint density at radius 1 is 0.338 bits per heavy atom. The Morgan fingerprint density at radius 3 is 1.09 bits per heavy atom. The van der Waals surface area contributed by atoms with Crippen LogP contribution in [0.2, 0.25) is 0 Å². The SMILES string of the molecule is CC/C=C\C/C=C\C/C=C\CCCCC(=O)OCC(COC(=O)CCCCCCC/C=C\C=C/CCCCCCCCC)OC(=O)CCCCCCCCC/C=C\C/C=C\CCCCC. The highest BCUT2D eigenvalue weighted by molar-refractivity contribution is 5.71. The Balaban J connectivity index is 4.44. The van der Waals surface area contributed by atoms with Crippen molar-refractivity contribution in [2.24, 2.45) is 0 Å². The number of unbranched alkanes of at least 4 members (excludes halogenated alkanes) is 24. The zero-order valence-electron chi connectivity index (χ0n) is 42.5. The van der Waals surface area contributed by atoms with Gasteiger partial charge in [-0.15, -0.1) is 0 Å². The molecule has 0 saturated heterocycles. The highest BCUT2D eigenvalue weighted by Gasteiger charge is 2.19. The van der Waals surface area contributed by atoms with Crippen molar-refractivity contribution in [3.63, 3.8) is 0 Å². The van der Waals surface area contributed by atoms with E-state index >= 15 is 0 Å². The van der Waals surface area contributed by atoms with Crippen molar-refractivity contribution in [3.8, 4) is 0 Å². The first-order valence-corrected chi connectivity index (χ1v) is 27.1. The average molecular weight is 905 g/mol. The van der Waals surface area contributed by atoms with E-state index < -0.39 is 6.10 Å². The van der Waals surface area contributed by atoms with Gasteiger partial charge in [0.25, 0.3) is 0 Å². The van der Waals surface area contributed by atoms with Gasteiger partial charge in [0.05, 0.1) is 0 Å². The van der Waals surface area contributed by atoms with Crippen LogP contribution in [0.25, 0.3) is 0 Å². The Hall–Kier alpha value is -3.41. The van der Waals surface area contributed by atoms with Crippen LogP contribution < -0.4 is 0 Å². The molecule has 0 aliphatic heterocycles. The quantitative estimate of drug-likeness (QED) is 0.0199. The normalized spacial score (nSPS) is 12.7. The molecule has 6 heteroatoms. The van der Waals surface area contributed by atoms with Crippen molar-refractivity contribution in [1.82, 2.24) is 0 Å². The average Bonchev–Trinajstić information content (AvgIpc) is 3.30. The first kappa shape index (κ1) is 61.6. The predicted molar refractivity (Wildman–Crippen MR) is 279 cm³/mol. The number of esters is 3. The molecule has 1 unspecified atom stereocenters. The predicted octanol–water partition coefficient (Wildman–Crippen LogP) is 18.0. The highest BCUT2D eigenvalue weighted by Crippen LogP contribution is 2.14. The van der Waals surface area contributed by atoms with Gasteiger partial charge in [0.2, 0.25) is 0 Å². The molecule has 0 heterocycles. The summed E-state index contributed by atoms with van der Waals surface area (Å²) in [5.41, 5.74) is 0. The van der Waals surface area contributed by atoms with Gasteiger partial charge in [-0.2, -0.15) is 0 Å². The van der Waals surface area contributed by atoms with E-state index in [0.717, 1.165) is 109 Å². The summed E-state index contributed by atoms with van der Waals surface area (Å²) in [6.07, 6.45) is 68.6. The molecule has 65 heavy (non-hydrogen) atoms. The van der Waals surface area contributed by atoms with Gasteiger partial charge >= 0.3 is 17.9 Å². The van der Waals surface area contributed by atoms with Crippen LogP contribution in [0.1, 0.15) is 252 Å². The molecule has 0 bridgehead atoms. The van der Waals surface area contributed by atoms with Crippen LogP contribution in [0.4, 0.5) is 0 Å². The third-order valence-electron chi connectivity index (χ3n) is 11.4. The van der Waals surface area contributed by atoms with Crippen LogP contribution >= 0.6 is 0 Å². The highest BCUT2D eigenvalue weighted by atomic mass is 16.6. The zero-order valence-corrected chi connectivity index (χ0v) is 42.5. The van der Waals surface area contributed by atoms with Crippen LogP contribution in [-0.2, 0) is 28.6 Å². The number of carbonyl (C=O) groups excluding carboxylic acids is 3. The third kappa shape index (κ3) is 51.4. The van der Waals surface area contributed by atoms with Crippen LogP contribution in [0.5, 0.6) is 0 Å². The van der Waals surface area contributed by atoms with Crippen molar-refractivity contribution in [2.75, 3.05) is 13.2 Å². The first-order valence-electron chi connectivity index (χ1n) is 27.1. The summed E-state index contributed by atoms with van der Waals surface area (Å²) in [4.78, 5) is 38.0. The number of hydrogen-bond acceptors (Lipinski definition) is 6. The van der Waals surface area contributed by atoms with E-state index in [0.29, 0.717) is 19.3 Å². The van der Waals surface area contributed by atoms with Gasteiger partial charge in [0.1, 0.15) is 13.2 Å². The lowest BCUT2D eigenvalue weighted by Gasteiger charge is -2.18. The lowest BCUT2D eigenvalue weighted by atomic mass is 10.1. The molecule has 0 aromatic carbocycles. The second kappa shape index (κ2) is 53.2. The smallest absolute Gasteiger partial charge is 0.306 e. The summed E-state index contributed by atoms with van der Waals surface area (Å²) < 4.78 is 16.8. The summed E-state index contributed by atoms with van der Waals surface area (Å²) in [5, 5.41) is 0. The summed E-state index contributed by atoms with van der Waals surface area (Å²) >= 11 is 0. The molecule has 0 aromatic heterocycles. The molecule has 6 nitrogen and oxygen atoms in total. The number of allylic oxidation sites excluding steroid dienone is 14. The van der Waals surface area contributed by atoms with E-state index in [4.69, 9.17) is 14.2 Å². The molecule has 372 valence electrons. The number of ether oxygens (including phenoxy) is 3. The van der Waals surface area contributed by atoms with E-state index in [9.17, 15) is 14.4 Å². The molecule has 0 N–H and O–H groups in total. The molecule has 0 aromatic rings. The number of hydrogen-bond donors (Lipinski definition) is 0. The minimum absolute atomic E-state index is 0.100. The van der Waals surface area contributed by atoms with Gasteiger partial charge in [-0.3, -0.25) is 14.4 Å². The van der Waals surface area contributed by atoms with Crippen LogP contribution in [-0.4, -0.2) is 37.2 Å². The Bertz CT molecular complexity index is 1270. The summed E-state index contributed by atoms with van der Waals surface area (Å²) in [7, 11) is 0. The van der Waals surface area contributed by atoms with Gasteiger partial charge in [0, 0.05) is 19.3 Å². The maximum atomic E-state index is 12.8. The van der Waals surface area contributed by atoms with E-state index in [2.05, 4.69) is 106 Å². The van der Waals surface area contributed by atoms with Crippen molar-refractivity contribution in [2.45, 2.75) is 258 Å². The fourth-order valence-corrected chi connectivity index (χ4v) is 7.30. The molecular weight excluding hydrogens is 805 g/mol. The molecule has 0 aliphatic rings. The van der Waals surface area contributed by atoms with Crippen molar-refractivity contribution >= 4 is 17.9 Å². The van der Waals surface area contributed by atoms with E-state index in [1.54, 1.807) is 0 Å². The zero-order chi connectivity index (χ0) is 47.2. The van der Waals surface area contributed by atoms with Crippen LogP contribution in [0.3, 0.4) is 0 Å². The van der Waals surface area contributed by atoms with Crippen molar-refractivity contribution in [1.29, 1.82) is 0 Å². The lowest BCUT2D eigenvalue weighted by Crippen LogP contribution is -2.30. The monoisotopic (exact) mass is 905 g/mol. The molecule has 1 atom stereocenters. The van der Waals surface area contributed by atoms with Gasteiger partial charge in [-0.25, -0.2) is 0 Å². The fraction of sp³-hybridized carbons (Fsp3) is 0.712. The lowest BCUT2D eigenvalue weighted by molar-refractivity contribution is -0.167. The second-order valence-corrected chi connectivity index (χ2v) is 17.8. The van der Waals surface area contributed by atoms with Gasteiger partial charge in [-0.05, 0) is 109 Å². The molecule has 0 saturated carbocycles. The molecular formula is C59H100O6. The Kier molecular flexibility index (Phi) is 50.4. The van der Waals surface area contributed by atoms with Gasteiger partial charge in [0.15, 0.2) is 6.10 Å². The number of carbonyl (C=O) groups is 3. The second-order valence-electron chi connectivity index (χ2n) is 17.8. The Labute approximate surface area is 401 Å². The fourth-order valence-electron chi connectivity index (χ4n) is 7.30.